The topological polar surface area (TPSA) is 84.9 Å². The van der Waals surface area contributed by atoms with E-state index in [1.807, 2.05) is 0 Å². The maximum Gasteiger partial charge on any atom is 0.265 e. The van der Waals surface area contributed by atoms with Gasteiger partial charge in [-0.2, -0.15) is 0 Å². The number of hydrogen-bond donors (Lipinski definition) is 1. The average Bonchev–Trinajstić information content (AvgIpc) is 2.86. The summed E-state index contributed by atoms with van der Waals surface area (Å²) in [5.74, 6) is 0.604. The van der Waals surface area contributed by atoms with Crippen LogP contribution < -0.4 is 19.1 Å². The maximum atomic E-state index is 12.8. The minimum Gasteiger partial charge on any atom is -0.489 e. The van der Waals surface area contributed by atoms with E-state index in [-0.39, 0.29) is 18.9 Å². The first-order valence-corrected chi connectivity index (χ1v) is 10.6. The molecule has 7 nitrogen and oxygen atoms in total. The lowest BCUT2D eigenvalue weighted by Crippen LogP contribution is -2.35. The van der Waals surface area contributed by atoms with Crippen molar-refractivity contribution in [3.05, 3.63) is 61.2 Å². The molecule has 28 heavy (non-hydrogen) atoms. The molecule has 0 saturated heterocycles. The Kier molecular flexibility index (Phi) is 5.89. The number of para-hydroxylation sites is 2. The molecule has 2 aromatic rings. The molecule has 1 amide bonds. The molecule has 1 aliphatic rings. The smallest absolute Gasteiger partial charge is 0.265 e. The Hall–Kier alpha value is -3.00. The van der Waals surface area contributed by atoms with E-state index in [0.29, 0.717) is 29.5 Å². The number of nitrogens with zero attached hydrogens (tertiary/aromatic N) is 1. The fraction of sp³-hybridized carbons (Fsp3) is 0.250. The fourth-order valence-electron chi connectivity index (χ4n) is 2.90. The molecule has 1 heterocycles. The largest absolute Gasteiger partial charge is 0.489 e. The van der Waals surface area contributed by atoms with Crippen molar-refractivity contribution in [2.75, 3.05) is 29.0 Å². The highest BCUT2D eigenvalue weighted by Gasteiger charge is 2.31. The molecule has 0 aliphatic carbocycles. The minimum atomic E-state index is -3.49. The van der Waals surface area contributed by atoms with E-state index in [9.17, 15) is 13.2 Å². The molecule has 1 atom stereocenters. The Morgan fingerprint density at radius 1 is 1.32 bits per heavy atom. The lowest BCUT2D eigenvalue weighted by Gasteiger charge is -2.20. The number of hydrogen-bond acceptors (Lipinski definition) is 5. The van der Waals surface area contributed by atoms with Crippen LogP contribution in [-0.4, -0.2) is 39.8 Å². The number of carbonyl (C=O) groups excluding carboxylic acids is 1. The Morgan fingerprint density at radius 3 is 2.86 bits per heavy atom. The van der Waals surface area contributed by atoms with Gasteiger partial charge in [-0.3, -0.25) is 9.10 Å². The molecule has 0 aromatic heterocycles. The van der Waals surface area contributed by atoms with Crippen LogP contribution in [0.3, 0.4) is 0 Å². The molecule has 0 radical (unpaired) electrons. The highest BCUT2D eigenvalue weighted by molar-refractivity contribution is 7.92. The molecule has 0 fully saturated rings. The molecule has 148 valence electrons. The van der Waals surface area contributed by atoms with Crippen molar-refractivity contribution in [1.82, 2.24) is 0 Å². The van der Waals surface area contributed by atoms with Crippen molar-refractivity contribution in [3.63, 3.8) is 0 Å². The summed E-state index contributed by atoms with van der Waals surface area (Å²) < 4.78 is 36.9. The fourth-order valence-corrected chi connectivity index (χ4v) is 3.85. The number of ether oxygens (including phenoxy) is 2. The van der Waals surface area contributed by atoms with Gasteiger partial charge in [0.25, 0.3) is 5.91 Å². The first-order chi connectivity index (χ1) is 13.4. The quantitative estimate of drug-likeness (QED) is 0.751. The van der Waals surface area contributed by atoms with Gasteiger partial charge in [0.1, 0.15) is 18.1 Å². The molecule has 0 bridgehead atoms. The van der Waals surface area contributed by atoms with E-state index < -0.39 is 16.1 Å². The van der Waals surface area contributed by atoms with E-state index >= 15 is 0 Å². The van der Waals surface area contributed by atoms with Gasteiger partial charge in [-0.15, -0.1) is 0 Å². The SMILES string of the molecule is C=CCOc1cccc(NC(=O)C2CCN(S(C)(=O)=O)c3ccccc3O2)c1. The highest BCUT2D eigenvalue weighted by Crippen LogP contribution is 2.34. The Labute approximate surface area is 164 Å². The van der Waals surface area contributed by atoms with Gasteiger partial charge in [-0.1, -0.05) is 30.9 Å². The third kappa shape index (κ3) is 4.64. The summed E-state index contributed by atoms with van der Waals surface area (Å²) in [6.45, 7) is 4.11. The first kappa shape index (κ1) is 19.8. The number of fused-ring (bicyclic) bond motifs is 1. The monoisotopic (exact) mass is 402 g/mol. The molecule has 0 spiro atoms. The molecule has 1 N–H and O–H groups in total. The van der Waals surface area contributed by atoms with Gasteiger partial charge < -0.3 is 14.8 Å². The van der Waals surface area contributed by atoms with Crippen LogP contribution in [0.15, 0.2) is 61.2 Å². The first-order valence-electron chi connectivity index (χ1n) is 8.76. The van der Waals surface area contributed by atoms with Gasteiger partial charge >= 0.3 is 0 Å². The van der Waals surface area contributed by atoms with Crippen molar-refractivity contribution < 1.29 is 22.7 Å². The van der Waals surface area contributed by atoms with E-state index in [4.69, 9.17) is 9.47 Å². The van der Waals surface area contributed by atoms with Crippen molar-refractivity contribution in [1.29, 1.82) is 0 Å². The lowest BCUT2D eigenvalue weighted by molar-refractivity contribution is -0.122. The van der Waals surface area contributed by atoms with Gasteiger partial charge in [0.2, 0.25) is 10.0 Å². The number of nitrogens with one attached hydrogen (secondary N) is 1. The second-order valence-corrected chi connectivity index (χ2v) is 8.22. The summed E-state index contributed by atoms with van der Waals surface area (Å²) in [4.78, 5) is 12.8. The van der Waals surface area contributed by atoms with Gasteiger partial charge in [-0.25, -0.2) is 8.42 Å². The molecular weight excluding hydrogens is 380 g/mol. The second-order valence-electron chi connectivity index (χ2n) is 6.31. The summed E-state index contributed by atoms with van der Waals surface area (Å²) >= 11 is 0. The second kappa shape index (κ2) is 8.35. The van der Waals surface area contributed by atoms with Crippen LogP contribution in [0.4, 0.5) is 11.4 Å². The number of sulfonamides is 1. The number of anilines is 2. The molecule has 2 aromatic carbocycles. The van der Waals surface area contributed by atoms with Crippen LogP contribution in [0.25, 0.3) is 0 Å². The zero-order valence-electron chi connectivity index (χ0n) is 15.5. The number of carbonyl (C=O) groups is 1. The van der Waals surface area contributed by atoms with E-state index in [2.05, 4.69) is 11.9 Å². The van der Waals surface area contributed by atoms with E-state index in [1.165, 1.54) is 4.31 Å². The standard InChI is InChI=1S/C20H22N2O5S/c1-3-13-26-16-8-6-7-15(14-16)21-20(23)19-11-12-22(28(2,24)25)17-9-4-5-10-18(17)27-19/h3-10,14,19H,1,11-13H2,2H3,(H,21,23). The van der Waals surface area contributed by atoms with Crippen molar-refractivity contribution in [2.24, 2.45) is 0 Å². The van der Waals surface area contributed by atoms with Gasteiger partial charge in [-0.05, 0) is 24.3 Å². The summed E-state index contributed by atoms with van der Waals surface area (Å²) in [6.07, 6.45) is 2.17. The maximum absolute atomic E-state index is 12.8. The Morgan fingerprint density at radius 2 is 2.11 bits per heavy atom. The zero-order valence-corrected chi connectivity index (χ0v) is 16.3. The summed E-state index contributed by atoms with van der Waals surface area (Å²) in [7, 11) is -3.49. The normalized spacial score (nSPS) is 16.3. The van der Waals surface area contributed by atoms with Crippen molar-refractivity contribution >= 4 is 27.3 Å². The summed E-state index contributed by atoms with van der Waals surface area (Å²) in [6, 6.07) is 13.8. The van der Waals surface area contributed by atoms with E-state index in [0.717, 1.165) is 6.26 Å². The Bertz CT molecular complexity index is 974. The molecule has 1 unspecified atom stereocenters. The molecule has 3 rings (SSSR count). The number of benzene rings is 2. The van der Waals surface area contributed by atoms with Gasteiger partial charge in [0.15, 0.2) is 6.10 Å². The minimum absolute atomic E-state index is 0.149. The van der Waals surface area contributed by atoms with Crippen LogP contribution in [0.1, 0.15) is 6.42 Å². The van der Waals surface area contributed by atoms with Crippen LogP contribution in [0.5, 0.6) is 11.5 Å². The summed E-state index contributed by atoms with van der Waals surface area (Å²) in [5, 5.41) is 2.80. The van der Waals surface area contributed by atoms with Crippen molar-refractivity contribution in [2.45, 2.75) is 12.5 Å². The number of amides is 1. The van der Waals surface area contributed by atoms with Crippen LogP contribution in [0, 0.1) is 0 Å². The average molecular weight is 402 g/mol. The van der Waals surface area contributed by atoms with Crippen LogP contribution in [-0.2, 0) is 14.8 Å². The predicted octanol–water partition coefficient (Wildman–Crippen LogP) is 2.81. The molecule has 0 saturated carbocycles. The number of rotatable bonds is 6. The molecule has 1 aliphatic heterocycles. The molecule has 8 heteroatoms. The van der Waals surface area contributed by atoms with Crippen LogP contribution >= 0.6 is 0 Å². The third-order valence-electron chi connectivity index (χ3n) is 4.16. The van der Waals surface area contributed by atoms with Gasteiger partial charge in [0, 0.05) is 24.7 Å². The summed E-state index contributed by atoms with van der Waals surface area (Å²) in [5.41, 5.74) is 0.993. The van der Waals surface area contributed by atoms with Crippen LogP contribution in [0.2, 0.25) is 0 Å². The Balaban J connectivity index is 1.78. The lowest BCUT2D eigenvalue weighted by atomic mass is 10.2. The zero-order chi connectivity index (χ0) is 20.1. The predicted molar refractivity (Wildman–Crippen MR) is 108 cm³/mol. The van der Waals surface area contributed by atoms with Gasteiger partial charge in [0.05, 0.1) is 11.9 Å². The highest BCUT2D eigenvalue weighted by atomic mass is 32.2. The van der Waals surface area contributed by atoms with E-state index in [1.54, 1.807) is 54.6 Å². The molecular formula is C20H22N2O5S. The third-order valence-corrected chi connectivity index (χ3v) is 5.34. The van der Waals surface area contributed by atoms with Crippen molar-refractivity contribution in [3.8, 4) is 11.5 Å².